The second-order valence-corrected chi connectivity index (χ2v) is 10.1. The molecule has 1 nitrogen and oxygen atoms in total. The molecular weight excluding hydrogens is 514 g/mol. The van der Waals surface area contributed by atoms with Gasteiger partial charge < -0.3 is 0 Å². The molecule has 1 aromatic heterocycles. The number of allylic oxidation sites excluding steroid dienone is 4. The van der Waals surface area contributed by atoms with Gasteiger partial charge in [-0.2, -0.15) is 0 Å². The third kappa shape index (κ3) is 4.07. The van der Waals surface area contributed by atoms with Crippen molar-refractivity contribution in [3.05, 3.63) is 104 Å². The maximum absolute atomic E-state index is 6.00. The molecule has 0 saturated carbocycles. The topological polar surface area (TPSA) is 13.1 Å². The average Bonchev–Trinajstić information content (AvgIpc) is 3.42. The molecule has 0 amide bonds. The number of furan rings is 1. The van der Waals surface area contributed by atoms with Crippen LogP contribution in [-0.2, 0) is 44.0 Å². The normalized spacial score (nSPS) is 17.3. The average molecular weight is 540 g/mol. The van der Waals surface area contributed by atoms with Gasteiger partial charge in [-0.15, -0.1) is 24.8 Å². The molecule has 0 fully saturated rings. The fourth-order valence-electron chi connectivity index (χ4n) is 5.36. The molecular formula is C28H25Cl2OZr. The zero-order chi connectivity index (χ0) is 20.1. The molecule has 2 aliphatic rings. The molecule has 6 rings (SSSR count). The predicted octanol–water partition coefficient (Wildman–Crippen LogP) is 8.01. The van der Waals surface area contributed by atoms with Gasteiger partial charge in [0, 0.05) is 0 Å². The van der Waals surface area contributed by atoms with Crippen molar-refractivity contribution in [3.63, 3.8) is 0 Å². The van der Waals surface area contributed by atoms with Crippen molar-refractivity contribution in [2.24, 2.45) is 0 Å². The number of aryl methyl sites for hydroxylation is 1. The first kappa shape index (κ1) is 23.6. The van der Waals surface area contributed by atoms with Crippen molar-refractivity contribution in [1.29, 1.82) is 0 Å². The van der Waals surface area contributed by atoms with E-state index >= 15 is 0 Å². The number of hydrogen-bond acceptors (Lipinski definition) is 1. The summed E-state index contributed by atoms with van der Waals surface area (Å²) in [5.74, 6) is 1.72. The number of fused-ring (bicyclic) bond motifs is 5. The summed E-state index contributed by atoms with van der Waals surface area (Å²) in [6.07, 6.45) is 12.0. The summed E-state index contributed by atoms with van der Waals surface area (Å²) in [5, 5.41) is 5.51. The number of rotatable bonds is 3. The van der Waals surface area contributed by atoms with Gasteiger partial charge >= 0.3 is 175 Å². The number of hydrogen-bond donors (Lipinski definition) is 0. The second kappa shape index (κ2) is 9.72. The molecule has 1 unspecified atom stereocenters. The third-order valence-corrected chi connectivity index (χ3v) is 8.24. The Morgan fingerprint density at radius 1 is 0.906 bits per heavy atom. The van der Waals surface area contributed by atoms with Crippen LogP contribution >= 0.6 is 24.8 Å². The van der Waals surface area contributed by atoms with E-state index < -0.39 is 0 Å². The molecule has 3 aromatic carbocycles. The van der Waals surface area contributed by atoms with Gasteiger partial charge in [0.1, 0.15) is 0 Å². The molecule has 0 radical (unpaired) electrons. The number of halogens is 2. The van der Waals surface area contributed by atoms with E-state index in [4.69, 9.17) is 4.42 Å². The van der Waals surface area contributed by atoms with E-state index in [0.717, 1.165) is 25.7 Å². The van der Waals surface area contributed by atoms with Crippen molar-refractivity contribution >= 4 is 46.4 Å². The van der Waals surface area contributed by atoms with E-state index in [9.17, 15) is 0 Å². The van der Waals surface area contributed by atoms with Gasteiger partial charge in [-0.3, -0.25) is 0 Å². The molecule has 4 heteroatoms. The molecule has 1 atom stereocenters. The van der Waals surface area contributed by atoms with Gasteiger partial charge in [0.15, 0.2) is 0 Å². The summed E-state index contributed by atoms with van der Waals surface area (Å²) in [5.41, 5.74) is 5.97. The van der Waals surface area contributed by atoms with E-state index in [0.29, 0.717) is 5.92 Å². The Morgan fingerprint density at radius 3 is 2.59 bits per heavy atom. The standard InChI is InChI=1S/C28H23O.2ClH.Zr/c1-2-6-19(5-1)17-28-24(15-16-29-28)22-10-9-21-12-13-25-23-8-4-3-7-20(23)11-14-26(25)27(21)18-22;;;/h1,3-5,7-8,11-16,22H,2,9-10,17-18H2;2*1H;. The molecule has 32 heavy (non-hydrogen) atoms. The fraction of sp³-hybridized carbons (Fsp3) is 0.214. The Bertz CT molecular complexity index is 1350. The van der Waals surface area contributed by atoms with Crippen LogP contribution in [0.5, 0.6) is 0 Å². The van der Waals surface area contributed by atoms with Crippen LogP contribution in [0.2, 0.25) is 0 Å². The SMILES string of the molecule is Cl.Cl.[Zr][C]1=C(Cc2occc2C2CCc3ccc4c(ccc5ccccc54)c3C2)C=CC1. The van der Waals surface area contributed by atoms with Gasteiger partial charge in [0.2, 0.25) is 0 Å². The Hall–Kier alpha value is -1.60. The first-order chi connectivity index (χ1) is 14.8. The minimum atomic E-state index is 0. The monoisotopic (exact) mass is 537 g/mol. The molecule has 2 aliphatic carbocycles. The van der Waals surface area contributed by atoms with Crippen molar-refractivity contribution in [1.82, 2.24) is 0 Å². The third-order valence-electron chi connectivity index (χ3n) is 6.95. The van der Waals surface area contributed by atoms with Crippen LogP contribution in [-0.4, -0.2) is 0 Å². The minimum absolute atomic E-state index is 0. The summed E-state index contributed by atoms with van der Waals surface area (Å²) in [7, 11) is 0. The zero-order valence-corrected chi connectivity index (χ0v) is 21.9. The van der Waals surface area contributed by atoms with Crippen molar-refractivity contribution in [3.8, 4) is 0 Å². The summed E-state index contributed by atoms with van der Waals surface area (Å²) >= 11 is 1.53. The molecule has 0 aliphatic heterocycles. The first-order valence-electron chi connectivity index (χ1n) is 10.9. The van der Waals surface area contributed by atoms with E-state index in [2.05, 4.69) is 66.7 Å². The fourth-order valence-corrected chi connectivity index (χ4v) is 6.07. The van der Waals surface area contributed by atoms with E-state index in [1.165, 1.54) is 75.1 Å². The van der Waals surface area contributed by atoms with Crippen molar-refractivity contribution in [2.45, 2.75) is 38.0 Å². The number of benzene rings is 3. The molecule has 1 heterocycles. The van der Waals surface area contributed by atoms with Crippen LogP contribution in [0.15, 0.2) is 86.3 Å². The molecule has 0 bridgehead atoms. The summed E-state index contributed by atoms with van der Waals surface area (Å²) in [6, 6.07) is 20.3. The molecule has 4 aromatic rings. The van der Waals surface area contributed by atoms with Crippen LogP contribution < -0.4 is 0 Å². The second-order valence-electron chi connectivity index (χ2n) is 8.61. The van der Waals surface area contributed by atoms with Crippen molar-refractivity contribution < 1.29 is 29.1 Å². The van der Waals surface area contributed by atoms with E-state index in [-0.39, 0.29) is 24.8 Å². The van der Waals surface area contributed by atoms with Crippen LogP contribution in [0.25, 0.3) is 21.5 Å². The first-order valence-corrected chi connectivity index (χ1v) is 12.1. The summed E-state index contributed by atoms with van der Waals surface area (Å²) in [4.78, 5) is 0. The van der Waals surface area contributed by atoms with Gasteiger partial charge in [-0.25, -0.2) is 0 Å². The van der Waals surface area contributed by atoms with Gasteiger partial charge in [-0.1, -0.05) is 18.2 Å². The molecule has 0 N–H and O–H groups in total. The van der Waals surface area contributed by atoms with Crippen LogP contribution in [0, 0.1) is 0 Å². The molecule has 0 saturated heterocycles. The van der Waals surface area contributed by atoms with Crippen LogP contribution in [0.3, 0.4) is 0 Å². The predicted molar refractivity (Wildman–Crippen MR) is 134 cm³/mol. The molecule has 161 valence electrons. The van der Waals surface area contributed by atoms with E-state index in [1.807, 2.05) is 6.26 Å². The van der Waals surface area contributed by atoms with Gasteiger partial charge in [-0.05, 0) is 0 Å². The van der Waals surface area contributed by atoms with Gasteiger partial charge in [0.05, 0.1) is 0 Å². The maximum atomic E-state index is 6.00. The Morgan fingerprint density at radius 2 is 1.75 bits per heavy atom. The van der Waals surface area contributed by atoms with Gasteiger partial charge in [0.25, 0.3) is 0 Å². The van der Waals surface area contributed by atoms with Crippen molar-refractivity contribution in [2.75, 3.05) is 0 Å². The Balaban J connectivity index is 0.00000122. The quantitative estimate of drug-likeness (QED) is 0.241. The zero-order valence-electron chi connectivity index (χ0n) is 17.8. The molecule has 0 spiro atoms. The van der Waals surface area contributed by atoms with E-state index in [1.54, 1.807) is 8.84 Å². The summed E-state index contributed by atoms with van der Waals surface area (Å²) < 4.78 is 7.57. The Kier molecular flexibility index (Phi) is 7.15. The Labute approximate surface area is 216 Å². The van der Waals surface area contributed by atoms with Crippen LogP contribution in [0.1, 0.15) is 41.2 Å². The summed E-state index contributed by atoms with van der Waals surface area (Å²) in [6.45, 7) is 0. The van der Waals surface area contributed by atoms with Crippen LogP contribution in [0.4, 0.5) is 0 Å².